The van der Waals surface area contributed by atoms with Crippen LogP contribution in [-0.2, 0) is 27.1 Å². The summed E-state index contributed by atoms with van der Waals surface area (Å²) in [6.07, 6.45) is 0. The van der Waals surface area contributed by atoms with Crippen LogP contribution in [0.4, 0.5) is 34.1 Å². The summed E-state index contributed by atoms with van der Waals surface area (Å²) >= 11 is 6.99. The lowest BCUT2D eigenvalue weighted by Crippen LogP contribution is -2.19. The van der Waals surface area contributed by atoms with E-state index in [2.05, 4.69) is 290 Å². The number of anilines is 6. The van der Waals surface area contributed by atoms with Crippen LogP contribution >= 0.6 is 11.6 Å². The highest BCUT2D eigenvalue weighted by Gasteiger charge is 2.28. The summed E-state index contributed by atoms with van der Waals surface area (Å²) in [6, 6.07) is 67.8. The quantitative estimate of drug-likeness (QED) is 0.142. The van der Waals surface area contributed by atoms with Crippen molar-refractivity contribution in [2.24, 2.45) is 0 Å². The van der Waals surface area contributed by atoms with Crippen molar-refractivity contribution in [3.8, 4) is 33.4 Å². The largest absolute Gasteiger partial charge is 0.310 e. The van der Waals surface area contributed by atoms with Gasteiger partial charge in [-0.2, -0.15) is 0 Å². The van der Waals surface area contributed by atoms with E-state index in [-0.39, 0.29) is 27.1 Å². The van der Waals surface area contributed by atoms with Crippen molar-refractivity contribution in [3.63, 3.8) is 0 Å². The molecule has 71 heavy (non-hydrogen) atoms. The number of hydrogen-bond acceptors (Lipinski definition) is 2. The molecule has 0 fully saturated rings. The Bertz CT molecular complexity index is 3120. The van der Waals surface area contributed by atoms with Gasteiger partial charge in [-0.05, 0) is 150 Å². The number of hydrogen-bond donors (Lipinski definition) is 0. The van der Waals surface area contributed by atoms with Crippen LogP contribution in [0.2, 0.25) is 5.02 Å². The van der Waals surface area contributed by atoms with Crippen molar-refractivity contribution in [1.82, 2.24) is 0 Å². The normalized spacial score (nSPS) is 12.5. The van der Waals surface area contributed by atoms with Crippen molar-refractivity contribution >= 4 is 45.7 Å². The molecule has 0 unspecified atom stereocenters. The smallest absolute Gasteiger partial charge is 0.0540 e. The van der Waals surface area contributed by atoms with Crippen molar-refractivity contribution in [3.05, 3.63) is 215 Å². The van der Waals surface area contributed by atoms with Crippen molar-refractivity contribution in [1.29, 1.82) is 0 Å². The standard InChI is InChI=1S/C68H75ClN2/c1-64(2,3)50-30-24-48(25-31-50)60-42-52(66(7,8)9)34-38-62(60)70(56-36-28-47(29-37-56)46-20-17-16-18-21-46)58-40-54(68(13,14)15)41-59(45-58)71(57-23-19-22-55(69)44-57)63-39-35-53(67(10,11)12)43-61(63)49-26-32-51(33-27-49)65(4,5)6/h16-45H,1-15H3. The predicted molar refractivity (Wildman–Crippen MR) is 311 cm³/mol. The summed E-state index contributed by atoms with van der Waals surface area (Å²) in [5, 5.41) is 0.684. The lowest BCUT2D eigenvalue weighted by atomic mass is 9.83. The molecule has 0 aliphatic rings. The Labute approximate surface area is 432 Å². The minimum atomic E-state index is -0.211. The average Bonchev–Trinajstić information content (AvgIpc) is 3.31. The second kappa shape index (κ2) is 19.3. The molecule has 8 aromatic carbocycles. The maximum atomic E-state index is 6.99. The topological polar surface area (TPSA) is 6.48 Å². The van der Waals surface area contributed by atoms with Crippen LogP contribution < -0.4 is 9.80 Å². The molecule has 0 radical (unpaired) electrons. The van der Waals surface area contributed by atoms with E-state index in [0.29, 0.717) is 5.02 Å². The van der Waals surface area contributed by atoms with Gasteiger partial charge in [-0.3, -0.25) is 0 Å². The second-order valence-corrected chi connectivity index (χ2v) is 25.1. The highest BCUT2D eigenvalue weighted by Crippen LogP contribution is 2.49. The molecule has 2 nitrogen and oxygen atoms in total. The molecule has 8 rings (SSSR count). The third-order valence-electron chi connectivity index (χ3n) is 13.9. The zero-order valence-electron chi connectivity index (χ0n) is 45.1. The van der Waals surface area contributed by atoms with Gasteiger partial charge in [0.2, 0.25) is 0 Å². The molecule has 0 aromatic heterocycles. The van der Waals surface area contributed by atoms with Crippen LogP contribution in [0.15, 0.2) is 182 Å². The Morgan fingerprint density at radius 2 is 0.648 bits per heavy atom. The monoisotopic (exact) mass is 955 g/mol. The number of halogens is 1. The Kier molecular flexibility index (Phi) is 13.9. The van der Waals surface area contributed by atoms with Crippen LogP contribution in [-0.4, -0.2) is 0 Å². The number of nitrogens with zero attached hydrogens (tertiary/aromatic N) is 2. The van der Waals surface area contributed by atoms with Gasteiger partial charge in [-0.15, -0.1) is 0 Å². The van der Waals surface area contributed by atoms with Gasteiger partial charge in [-0.25, -0.2) is 0 Å². The minimum Gasteiger partial charge on any atom is -0.310 e. The molecule has 0 aliphatic heterocycles. The molecule has 0 N–H and O–H groups in total. The second-order valence-electron chi connectivity index (χ2n) is 24.7. The molecule has 0 spiro atoms. The van der Waals surface area contributed by atoms with Gasteiger partial charge in [0.1, 0.15) is 0 Å². The molecule has 0 saturated heterocycles. The first-order valence-corrected chi connectivity index (χ1v) is 25.8. The molecule has 3 heteroatoms. The summed E-state index contributed by atoms with van der Waals surface area (Å²) in [6.45, 7) is 34.4. The maximum Gasteiger partial charge on any atom is 0.0540 e. The maximum absolute atomic E-state index is 6.99. The number of benzene rings is 8. The van der Waals surface area contributed by atoms with Gasteiger partial charge in [0.05, 0.1) is 11.4 Å². The van der Waals surface area contributed by atoms with E-state index in [4.69, 9.17) is 11.6 Å². The lowest BCUT2D eigenvalue weighted by molar-refractivity contribution is 0.589. The van der Waals surface area contributed by atoms with Crippen molar-refractivity contribution in [2.45, 2.75) is 131 Å². The zero-order chi connectivity index (χ0) is 51.3. The highest BCUT2D eigenvalue weighted by atomic mass is 35.5. The molecule has 0 atom stereocenters. The van der Waals surface area contributed by atoms with Crippen LogP contribution in [0.3, 0.4) is 0 Å². The zero-order valence-corrected chi connectivity index (χ0v) is 45.8. The first kappa shape index (κ1) is 51.0. The fourth-order valence-electron chi connectivity index (χ4n) is 9.35. The lowest BCUT2D eigenvalue weighted by Gasteiger charge is -2.34. The number of rotatable bonds is 9. The van der Waals surface area contributed by atoms with Crippen LogP contribution in [0, 0.1) is 0 Å². The van der Waals surface area contributed by atoms with Gasteiger partial charge in [0.15, 0.2) is 0 Å². The molecule has 0 amide bonds. The summed E-state index contributed by atoms with van der Waals surface area (Å²) in [5.41, 5.74) is 19.5. The van der Waals surface area contributed by atoms with E-state index < -0.39 is 0 Å². The van der Waals surface area contributed by atoms with Crippen molar-refractivity contribution < 1.29 is 0 Å². The third-order valence-corrected chi connectivity index (χ3v) is 14.1. The fourth-order valence-corrected chi connectivity index (χ4v) is 9.53. The first-order chi connectivity index (χ1) is 33.3. The van der Waals surface area contributed by atoms with E-state index in [1.54, 1.807) is 0 Å². The third kappa shape index (κ3) is 11.4. The molecule has 0 heterocycles. The molecule has 364 valence electrons. The molecular formula is C68H75ClN2. The minimum absolute atomic E-state index is 0.0296. The van der Waals surface area contributed by atoms with E-state index in [9.17, 15) is 0 Å². The summed E-state index contributed by atoms with van der Waals surface area (Å²) in [7, 11) is 0. The molecular weight excluding hydrogens is 880 g/mol. The molecule has 0 aliphatic carbocycles. The van der Waals surface area contributed by atoms with E-state index in [1.165, 1.54) is 55.6 Å². The van der Waals surface area contributed by atoms with Gasteiger partial charge in [-0.1, -0.05) is 225 Å². The van der Waals surface area contributed by atoms with Gasteiger partial charge in [0, 0.05) is 38.9 Å². The van der Waals surface area contributed by atoms with Gasteiger partial charge >= 0.3 is 0 Å². The average molecular weight is 956 g/mol. The molecule has 0 bridgehead atoms. The van der Waals surface area contributed by atoms with E-state index >= 15 is 0 Å². The summed E-state index contributed by atoms with van der Waals surface area (Å²) in [4.78, 5) is 4.91. The molecule has 8 aromatic rings. The molecule has 0 saturated carbocycles. The van der Waals surface area contributed by atoms with E-state index in [1.807, 2.05) is 6.07 Å². The predicted octanol–water partition coefficient (Wildman–Crippen LogP) is 20.8. The summed E-state index contributed by atoms with van der Waals surface area (Å²) < 4.78 is 0. The Hall–Kier alpha value is -6.35. The van der Waals surface area contributed by atoms with Crippen LogP contribution in [0.1, 0.15) is 132 Å². The van der Waals surface area contributed by atoms with Crippen LogP contribution in [0.25, 0.3) is 33.4 Å². The highest BCUT2D eigenvalue weighted by molar-refractivity contribution is 6.30. The SMILES string of the molecule is CC(C)(C)c1ccc(-c2cc(C(C)(C)C)ccc2N(c2ccc(-c3ccccc3)cc2)c2cc(N(c3cccc(Cl)c3)c3ccc(C(C)(C)C)cc3-c3ccc(C(C)(C)C)cc3)cc(C(C)(C)C)c2)cc1. The Balaban J connectivity index is 1.44. The fraction of sp³-hybridized carbons (Fsp3) is 0.294. The van der Waals surface area contributed by atoms with Gasteiger partial charge < -0.3 is 9.80 Å². The van der Waals surface area contributed by atoms with Crippen molar-refractivity contribution in [2.75, 3.05) is 9.80 Å². The van der Waals surface area contributed by atoms with E-state index in [0.717, 1.165) is 39.7 Å². The Morgan fingerprint density at radius 3 is 1.06 bits per heavy atom. The Morgan fingerprint density at radius 1 is 0.268 bits per heavy atom. The first-order valence-electron chi connectivity index (χ1n) is 25.4. The van der Waals surface area contributed by atoms with Gasteiger partial charge in [0.25, 0.3) is 0 Å². The van der Waals surface area contributed by atoms with Crippen LogP contribution in [0.5, 0.6) is 0 Å². The summed E-state index contributed by atoms with van der Waals surface area (Å²) in [5.74, 6) is 0.